The van der Waals surface area contributed by atoms with E-state index >= 15 is 0 Å². The van der Waals surface area contributed by atoms with Crippen molar-refractivity contribution in [3.63, 3.8) is 0 Å². The van der Waals surface area contributed by atoms with E-state index in [0.29, 0.717) is 0 Å². The van der Waals surface area contributed by atoms with Gasteiger partial charge in [-0.1, -0.05) is 27.2 Å². The molecule has 1 amide bonds. The van der Waals surface area contributed by atoms with Crippen molar-refractivity contribution in [2.24, 2.45) is 0 Å². The predicted molar refractivity (Wildman–Crippen MR) is 70.9 cm³/mol. The molecule has 0 aromatic carbocycles. The summed E-state index contributed by atoms with van der Waals surface area (Å²) in [6.07, 6.45) is 3.35. The Balaban J connectivity index is 2.10. The number of piperidine rings is 1. The number of carbonyl (C=O) groups is 1. The van der Waals surface area contributed by atoms with E-state index in [1.54, 1.807) is 0 Å². The highest BCUT2D eigenvalue weighted by Gasteiger charge is 2.19. The van der Waals surface area contributed by atoms with Gasteiger partial charge in [0, 0.05) is 17.0 Å². The first-order valence-corrected chi connectivity index (χ1v) is 7.13. The Hall–Kier alpha value is -0.220. The molecule has 94 valence electrons. The third kappa shape index (κ3) is 5.75. The van der Waals surface area contributed by atoms with Crippen molar-refractivity contribution < 1.29 is 4.79 Å². The van der Waals surface area contributed by atoms with Gasteiger partial charge in [-0.2, -0.15) is 11.8 Å². The van der Waals surface area contributed by atoms with Gasteiger partial charge in [-0.3, -0.25) is 4.79 Å². The Kier molecular flexibility index (Phi) is 5.62. The lowest BCUT2D eigenvalue weighted by atomic mass is 10.0. The summed E-state index contributed by atoms with van der Waals surface area (Å²) >= 11 is 1.89. The van der Waals surface area contributed by atoms with Gasteiger partial charge in [0.15, 0.2) is 0 Å². The number of nitrogens with one attached hydrogen (secondary N) is 2. The Bertz CT molecular complexity index is 220. The molecule has 1 atom stereocenters. The van der Waals surface area contributed by atoms with E-state index in [-0.39, 0.29) is 16.7 Å². The number of carbonyl (C=O) groups excluding carboxylic acids is 1. The van der Waals surface area contributed by atoms with Crippen LogP contribution < -0.4 is 10.6 Å². The van der Waals surface area contributed by atoms with Gasteiger partial charge in [0.25, 0.3) is 0 Å². The van der Waals surface area contributed by atoms with Crippen LogP contribution >= 0.6 is 11.8 Å². The minimum atomic E-state index is 0.0494. The number of amides is 1. The van der Waals surface area contributed by atoms with Gasteiger partial charge in [0.2, 0.25) is 5.91 Å². The lowest BCUT2D eigenvalue weighted by molar-refractivity contribution is -0.123. The molecule has 0 spiro atoms. The van der Waals surface area contributed by atoms with Crippen molar-refractivity contribution in [2.45, 2.75) is 50.8 Å². The van der Waals surface area contributed by atoms with Crippen molar-refractivity contribution in [3.05, 3.63) is 0 Å². The van der Waals surface area contributed by atoms with Gasteiger partial charge in [0.05, 0.1) is 6.04 Å². The van der Waals surface area contributed by atoms with Gasteiger partial charge >= 0.3 is 0 Å². The molecule has 16 heavy (non-hydrogen) atoms. The molecular weight excluding hydrogens is 220 g/mol. The van der Waals surface area contributed by atoms with E-state index in [2.05, 4.69) is 31.4 Å². The van der Waals surface area contributed by atoms with Gasteiger partial charge in [0.1, 0.15) is 0 Å². The van der Waals surface area contributed by atoms with Crippen LogP contribution in [-0.2, 0) is 4.79 Å². The van der Waals surface area contributed by atoms with E-state index in [4.69, 9.17) is 0 Å². The summed E-state index contributed by atoms with van der Waals surface area (Å²) in [6.45, 7) is 8.35. The zero-order valence-electron chi connectivity index (χ0n) is 10.6. The summed E-state index contributed by atoms with van der Waals surface area (Å²) in [7, 11) is 0. The smallest absolute Gasteiger partial charge is 0.237 e. The third-order valence-electron chi connectivity index (χ3n) is 2.56. The molecule has 4 heteroatoms. The first-order valence-electron chi connectivity index (χ1n) is 6.14. The minimum Gasteiger partial charge on any atom is -0.354 e. The number of hydrogen-bond acceptors (Lipinski definition) is 3. The first kappa shape index (κ1) is 13.8. The van der Waals surface area contributed by atoms with Crippen LogP contribution in [0.25, 0.3) is 0 Å². The molecule has 0 aromatic heterocycles. The Labute approximate surface area is 103 Å². The summed E-state index contributed by atoms with van der Waals surface area (Å²) in [5.41, 5.74) is 0. The third-order valence-corrected chi connectivity index (χ3v) is 3.84. The van der Waals surface area contributed by atoms with E-state index in [0.717, 1.165) is 25.3 Å². The summed E-state index contributed by atoms with van der Waals surface area (Å²) < 4.78 is 0.286. The lowest BCUT2D eigenvalue weighted by Crippen LogP contribution is -2.47. The second-order valence-corrected chi connectivity index (χ2v) is 7.18. The fourth-order valence-electron chi connectivity index (χ4n) is 1.73. The zero-order chi connectivity index (χ0) is 12.0. The lowest BCUT2D eigenvalue weighted by Gasteiger charge is -2.23. The SMILES string of the molecule is CC(C)(C)SCCNC(=O)[C@@H]1CCCCN1. The molecule has 1 aliphatic rings. The van der Waals surface area contributed by atoms with Crippen LogP contribution in [0.15, 0.2) is 0 Å². The van der Waals surface area contributed by atoms with E-state index in [1.165, 1.54) is 12.8 Å². The van der Waals surface area contributed by atoms with Gasteiger partial charge in [-0.25, -0.2) is 0 Å². The summed E-state index contributed by atoms with van der Waals surface area (Å²) in [4.78, 5) is 11.7. The molecule has 1 heterocycles. The van der Waals surface area contributed by atoms with Gasteiger partial charge < -0.3 is 10.6 Å². The molecule has 0 unspecified atom stereocenters. The minimum absolute atomic E-state index is 0.0494. The molecule has 1 fully saturated rings. The molecule has 1 saturated heterocycles. The van der Waals surface area contributed by atoms with Crippen LogP contribution in [-0.4, -0.2) is 35.5 Å². The molecule has 0 aliphatic carbocycles. The second-order valence-electron chi connectivity index (χ2n) is 5.25. The Morgan fingerprint density at radius 1 is 1.44 bits per heavy atom. The summed E-state index contributed by atoms with van der Waals surface area (Å²) in [5, 5.41) is 6.26. The molecule has 0 radical (unpaired) electrons. The van der Waals surface area contributed by atoms with Crippen LogP contribution in [0.1, 0.15) is 40.0 Å². The Morgan fingerprint density at radius 3 is 2.75 bits per heavy atom. The largest absolute Gasteiger partial charge is 0.354 e. The van der Waals surface area contributed by atoms with Gasteiger partial charge in [-0.05, 0) is 19.4 Å². The Morgan fingerprint density at radius 2 is 2.19 bits per heavy atom. The van der Waals surface area contributed by atoms with E-state index in [1.807, 2.05) is 11.8 Å². The van der Waals surface area contributed by atoms with Crippen LogP contribution in [0.2, 0.25) is 0 Å². The maximum atomic E-state index is 11.7. The average molecular weight is 244 g/mol. The fourth-order valence-corrected chi connectivity index (χ4v) is 2.55. The van der Waals surface area contributed by atoms with Crippen LogP contribution in [0.3, 0.4) is 0 Å². The summed E-state index contributed by atoms with van der Waals surface area (Å²) in [5.74, 6) is 1.16. The topological polar surface area (TPSA) is 41.1 Å². The number of thioether (sulfide) groups is 1. The van der Waals surface area contributed by atoms with Gasteiger partial charge in [-0.15, -0.1) is 0 Å². The molecule has 0 bridgehead atoms. The normalized spacial score (nSPS) is 21.8. The van der Waals surface area contributed by atoms with Crippen LogP contribution in [0.5, 0.6) is 0 Å². The summed E-state index contributed by atoms with van der Waals surface area (Å²) in [6, 6.07) is 0.0494. The molecule has 2 N–H and O–H groups in total. The fraction of sp³-hybridized carbons (Fsp3) is 0.917. The zero-order valence-corrected chi connectivity index (χ0v) is 11.5. The molecule has 0 aromatic rings. The van der Waals surface area contributed by atoms with Crippen LogP contribution in [0.4, 0.5) is 0 Å². The number of rotatable bonds is 4. The molecule has 0 saturated carbocycles. The quantitative estimate of drug-likeness (QED) is 0.741. The van der Waals surface area contributed by atoms with Crippen molar-refractivity contribution in [1.82, 2.24) is 10.6 Å². The van der Waals surface area contributed by atoms with Crippen molar-refractivity contribution in [3.8, 4) is 0 Å². The van der Waals surface area contributed by atoms with E-state index in [9.17, 15) is 4.79 Å². The highest BCUT2D eigenvalue weighted by molar-refractivity contribution is 8.00. The highest BCUT2D eigenvalue weighted by atomic mass is 32.2. The standard InChI is InChI=1S/C12H24N2OS/c1-12(2,3)16-9-8-14-11(15)10-6-4-5-7-13-10/h10,13H,4-9H2,1-3H3,(H,14,15)/t10-/m0/s1. The van der Waals surface area contributed by atoms with E-state index < -0.39 is 0 Å². The molecular formula is C12H24N2OS. The predicted octanol–water partition coefficient (Wildman–Crippen LogP) is 1.78. The molecule has 3 nitrogen and oxygen atoms in total. The average Bonchev–Trinajstić information content (AvgIpc) is 2.24. The second kappa shape index (κ2) is 6.50. The first-order chi connectivity index (χ1) is 7.49. The maximum Gasteiger partial charge on any atom is 0.237 e. The van der Waals surface area contributed by atoms with Crippen molar-refractivity contribution >= 4 is 17.7 Å². The monoisotopic (exact) mass is 244 g/mol. The maximum absolute atomic E-state index is 11.7. The highest BCUT2D eigenvalue weighted by Crippen LogP contribution is 2.22. The van der Waals surface area contributed by atoms with Crippen molar-refractivity contribution in [2.75, 3.05) is 18.8 Å². The molecule has 1 aliphatic heterocycles. The number of hydrogen-bond donors (Lipinski definition) is 2. The molecule has 1 rings (SSSR count). The van der Waals surface area contributed by atoms with Crippen molar-refractivity contribution in [1.29, 1.82) is 0 Å². The van der Waals surface area contributed by atoms with Crippen LogP contribution in [0, 0.1) is 0 Å².